The molecule has 0 bridgehead atoms. The summed E-state index contributed by atoms with van der Waals surface area (Å²) in [4.78, 5) is 22.1. The summed E-state index contributed by atoms with van der Waals surface area (Å²) in [5, 5.41) is 29.7. The van der Waals surface area contributed by atoms with Crippen LogP contribution in [-0.4, -0.2) is 76.4 Å². The first-order valence-electron chi connectivity index (χ1n) is 11.8. The fourth-order valence-corrected chi connectivity index (χ4v) is 4.16. The molecule has 5 rings (SSSR count). The van der Waals surface area contributed by atoms with Crippen LogP contribution in [0, 0.1) is 5.82 Å². The number of methoxy groups -OCH3 is 1. The molecule has 1 fully saturated rings. The topological polar surface area (TPSA) is 140 Å². The van der Waals surface area contributed by atoms with Gasteiger partial charge in [0, 0.05) is 47.4 Å². The molecule has 4 aromatic rings. The summed E-state index contributed by atoms with van der Waals surface area (Å²) in [6.07, 6.45) is -0.0839. The predicted octanol–water partition coefficient (Wildman–Crippen LogP) is 2.40. The number of fused-ring (bicyclic) bond motifs is 1. The Morgan fingerprint density at radius 3 is 2.68 bits per heavy atom. The summed E-state index contributed by atoms with van der Waals surface area (Å²) in [6.45, 7) is 2.46. The van der Waals surface area contributed by atoms with Gasteiger partial charge in [-0.3, -0.25) is 0 Å². The number of hydrogen-bond donors (Lipinski definition) is 2. The highest BCUT2D eigenvalue weighted by atomic mass is 19.1. The number of ether oxygens (including phenoxy) is 3. The zero-order chi connectivity index (χ0) is 26.6. The molecule has 1 unspecified atom stereocenters. The zero-order valence-electron chi connectivity index (χ0n) is 20.4. The molecule has 1 aliphatic heterocycles. The van der Waals surface area contributed by atoms with Crippen molar-refractivity contribution < 1.29 is 33.6 Å². The third-order valence-corrected chi connectivity index (χ3v) is 6.17. The van der Waals surface area contributed by atoms with E-state index in [0.29, 0.717) is 29.8 Å². The number of aliphatic hydroxyl groups is 1. The molecule has 0 aliphatic carbocycles. The fourth-order valence-electron chi connectivity index (χ4n) is 4.16. The van der Waals surface area contributed by atoms with Gasteiger partial charge < -0.3 is 29.3 Å². The van der Waals surface area contributed by atoms with Crippen molar-refractivity contribution in [2.45, 2.75) is 6.10 Å². The van der Waals surface area contributed by atoms with E-state index in [9.17, 15) is 15.0 Å². The van der Waals surface area contributed by atoms with Crippen molar-refractivity contribution >= 4 is 22.6 Å². The van der Waals surface area contributed by atoms with E-state index in [2.05, 4.69) is 29.8 Å². The third-order valence-electron chi connectivity index (χ3n) is 6.17. The van der Waals surface area contributed by atoms with Crippen LogP contribution in [-0.2, 0) is 14.3 Å². The first-order chi connectivity index (χ1) is 18.4. The molecule has 1 saturated heterocycles. The summed E-state index contributed by atoms with van der Waals surface area (Å²) in [5.41, 5.74) is 2.08. The second-order valence-electron chi connectivity index (χ2n) is 8.48. The number of benzene rings is 2. The minimum absolute atomic E-state index is 0.00984. The molecular formula is C26H24FN5O6. The molecular weight excluding hydrogens is 497 g/mol. The van der Waals surface area contributed by atoms with E-state index in [1.807, 2.05) is 18.2 Å². The Labute approximate surface area is 216 Å². The van der Waals surface area contributed by atoms with Crippen molar-refractivity contribution in [1.29, 1.82) is 0 Å². The summed E-state index contributed by atoms with van der Waals surface area (Å²) in [5.74, 6) is -1.72. The molecule has 196 valence electrons. The van der Waals surface area contributed by atoms with Crippen molar-refractivity contribution in [2.24, 2.45) is 0 Å². The van der Waals surface area contributed by atoms with Crippen LogP contribution in [0.3, 0.4) is 0 Å². The van der Waals surface area contributed by atoms with Crippen LogP contribution >= 0.6 is 0 Å². The monoisotopic (exact) mass is 521 g/mol. The zero-order valence-corrected chi connectivity index (χ0v) is 20.4. The van der Waals surface area contributed by atoms with Crippen molar-refractivity contribution in [3.8, 4) is 22.9 Å². The highest BCUT2D eigenvalue weighted by molar-refractivity contribution is 5.94. The highest BCUT2D eigenvalue weighted by Crippen LogP contribution is 2.37. The number of esters is 1. The van der Waals surface area contributed by atoms with Gasteiger partial charge in [0.15, 0.2) is 6.61 Å². The number of aliphatic hydroxyl groups excluding tert-OH is 1. The normalized spacial score (nSPS) is 14.3. The number of morpholine rings is 1. The lowest BCUT2D eigenvalue weighted by Gasteiger charge is -2.29. The number of nitrogens with zero attached hydrogens (tertiary/aromatic N) is 5. The number of carbonyl (C=O) groups excluding carboxylic acids is 1. The molecule has 38 heavy (non-hydrogen) atoms. The van der Waals surface area contributed by atoms with Gasteiger partial charge in [0.25, 0.3) is 0 Å². The molecule has 12 heteroatoms. The minimum Gasteiger partial charge on any atom is -0.507 e. The Hall–Kier alpha value is -4.42. The van der Waals surface area contributed by atoms with E-state index < -0.39 is 23.6 Å². The molecule has 11 nitrogen and oxygen atoms in total. The SMILES string of the molecule is COC(=O)COc1ccc(C(O)c2cc(-c3ncnc4cc(N5CCOCC5)ccc34)c(F)cc2O)nn1. The Morgan fingerprint density at radius 1 is 1.13 bits per heavy atom. The van der Waals surface area contributed by atoms with Crippen molar-refractivity contribution in [1.82, 2.24) is 20.2 Å². The Balaban J connectivity index is 1.46. The minimum atomic E-state index is -1.43. The van der Waals surface area contributed by atoms with Crippen LogP contribution in [0.4, 0.5) is 10.1 Å². The van der Waals surface area contributed by atoms with Gasteiger partial charge in [-0.1, -0.05) is 0 Å². The predicted molar refractivity (Wildman–Crippen MR) is 133 cm³/mol. The average Bonchev–Trinajstić information content (AvgIpc) is 2.96. The van der Waals surface area contributed by atoms with E-state index in [4.69, 9.17) is 9.47 Å². The quantitative estimate of drug-likeness (QED) is 0.347. The molecule has 2 aromatic heterocycles. The molecule has 0 amide bonds. The molecule has 0 radical (unpaired) electrons. The summed E-state index contributed by atoms with van der Waals surface area (Å²) < 4.78 is 30.2. The molecule has 0 spiro atoms. The molecule has 2 N–H and O–H groups in total. The van der Waals surface area contributed by atoms with Crippen LogP contribution in [0.1, 0.15) is 17.4 Å². The van der Waals surface area contributed by atoms with Crippen molar-refractivity contribution in [2.75, 3.05) is 44.9 Å². The van der Waals surface area contributed by atoms with E-state index >= 15 is 4.39 Å². The first-order valence-corrected chi connectivity index (χ1v) is 11.8. The van der Waals surface area contributed by atoms with Gasteiger partial charge >= 0.3 is 5.97 Å². The lowest BCUT2D eigenvalue weighted by molar-refractivity contribution is -0.143. The summed E-state index contributed by atoms with van der Waals surface area (Å²) >= 11 is 0. The second kappa shape index (κ2) is 10.9. The van der Waals surface area contributed by atoms with Crippen LogP contribution < -0.4 is 9.64 Å². The smallest absolute Gasteiger partial charge is 0.343 e. The number of hydrogen-bond acceptors (Lipinski definition) is 11. The highest BCUT2D eigenvalue weighted by Gasteiger charge is 2.22. The van der Waals surface area contributed by atoms with Crippen LogP contribution in [0.2, 0.25) is 0 Å². The molecule has 2 aromatic carbocycles. The van der Waals surface area contributed by atoms with Crippen LogP contribution in [0.25, 0.3) is 22.2 Å². The maximum absolute atomic E-state index is 15.1. The molecule has 1 aliphatic rings. The standard InChI is InChI=1S/C26H24FN5O6/c1-36-24(34)13-38-23-5-4-20(30-31-23)26(35)18-11-17(19(27)12-22(18)33)25-16-3-2-15(10-21(16)28-14-29-25)32-6-8-37-9-7-32/h2-5,10-12,14,26,33,35H,6-9,13H2,1H3. The van der Waals surface area contributed by atoms with Gasteiger partial charge in [-0.25, -0.2) is 19.2 Å². The van der Waals surface area contributed by atoms with E-state index in [-0.39, 0.29) is 29.3 Å². The molecule has 1 atom stereocenters. The number of aromatic nitrogens is 4. The average molecular weight is 522 g/mol. The molecule has 3 heterocycles. The lowest BCUT2D eigenvalue weighted by Crippen LogP contribution is -2.36. The van der Waals surface area contributed by atoms with Gasteiger partial charge in [0.05, 0.1) is 37.2 Å². The number of anilines is 1. The van der Waals surface area contributed by atoms with E-state index in [0.717, 1.165) is 24.8 Å². The Bertz CT molecular complexity index is 1460. The van der Waals surface area contributed by atoms with Gasteiger partial charge in [-0.05, 0) is 30.3 Å². The maximum atomic E-state index is 15.1. The van der Waals surface area contributed by atoms with Gasteiger partial charge in [-0.15, -0.1) is 10.2 Å². The number of halogens is 1. The summed E-state index contributed by atoms with van der Waals surface area (Å²) in [7, 11) is 1.23. The Morgan fingerprint density at radius 2 is 1.95 bits per heavy atom. The van der Waals surface area contributed by atoms with Gasteiger partial charge in [-0.2, -0.15) is 0 Å². The Kier molecular flexibility index (Phi) is 7.24. The molecule has 0 saturated carbocycles. The first kappa shape index (κ1) is 25.2. The van der Waals surface area contributed by atoms with Gasteiger partial charge in [0.2, 0.25) is 5.88 Å². The van der Waals surface area contributed by atoms with E-state index in [1.54, 1.807) is 0 Å². The van der Waals surface area contributed by atoms with Crippen LogP contribution in [0.15, 0.2) is 48.8 Å². The second-order valence-corrected chi connectivity index (χ2v) is 8.48. The third kappa shape index (κ3) is 5.17. The number of aromatic hydroxyl groups is 1. The van der Waals surface area contributed by atoms with Crippen molar-refractivity contribution in [3.63, 3.8) is 0 Å². The number of rotatable bonds is 7. The number of phenolic OH excluding ortho intramolecular Hbond substituents is 1. The number of carbonyl (C=O) groups is 1. The lowest BCUT2D eigenvalue weighted by atomic mass is 9.98. The van der Waals surface area contributed by atoms with Crippen molar-refractivity contribution in [3.05, 3.63) is 65.9 Å². The van der Waals surface area contributed by atoms with E-state index in [1.165, 1.54) is 31.6 Å². The number of phenols is 1. The van der Waals surface area contributed by atoms with Crippen LogP contribution in [0.5, 0.6) is 11.6 Å². The maximum Gasteiger partial charge on any atom is 0.343 e. The fraction of sp³-hybridized carbons (Fsp3) is 0.269. The van der Waals surface area contributed by atoms with Gasteiger partial charge in [0.1, 0.15) is 24.0 Å². The largest absolute Gasteiger partial charge is 0.507 e. The summed E-state index contributed by atoms with van der Waals surface area (Å²) in [6, 6.07) is 10.7.